The summed E-state index contributed by atoms with van der Waals surface area (Å²) in [4.78, 5) is 0. The molecule has 2 aliphatic rings. The van der Waals surface area contributed by atoms with Gasteiger partial charge in [0.15, 0.2) is 0 Å². The first-order valence-electron chi connectivity index (χ1n) is 9.91. The quantitative estimate of drug-likeness (QED) is 0.498. The van der Waals surface area contributed by atoms with Crippen molar-refractivity contribution in [2.24, 2.45) is 0 Å². The molecule has 4 heteroatoms. The van der Waals surface area contributed by atoms with E-state index in [1.165, 1.54) is 24.0 Å². The normalized spacial score (nSPS) is 18.5. The van der Waals surface area contributed by atoms with Crippen molar-refractivity contribution < 1.29 is 43.4 Å². The Kier molecular flexibility index (Phi) is 8.90. The van der Waals surface area contributed by atoms with Gasteiger partial charge in [0.1, 0.15) is 0 Å². The van der Waals surface area contributed by atoms with E-state index in [9.17, 15) is 0 Å². The molecule has 2 atom stereocenters. The molecule has 0 saturated heterocycles. The first-order valence-corrected chi connectivity index (χ1v) is 24.4. The van der Waals surface area contributed by atoms with Crippen LogP contribution in [0.15, 0.2) is 59.7 Å². The van der Waals surface area contributed by atoms with Gasteiger partial charge in [-0.05, 0) is 0 Å². The van der Waals surface area contributed by atoms with Crippen LogP contribution >= 0.6 is 0 Å². The van der Waals surface area contributed by atoms with Gasteiger partial charge in [-0.2, -0.15) is 0 Å². The van der Waals surface area contributed by atoms with Crippen molar-refractivity contribution in [1.29, 1.82) is 0 Å². The Balaban J connectivity index is 0.00000140. The van der Waals surface area contributed by atoms with E-state index >= 15 is 0 Å². The molecule has 2 aromatic carbocycles. The van der Waals surface area contributed by atoms with Gasteiger partial charge in [0.2, 0.25) is 0 Å². The van der Waals surface area contributed by atoms with Crippen molar-refractivity contribution in [1.82, 2.24) is 0 Å². The predicted octanol–water partition coefficient (Wildman–Crippen LogP) is 0.960. The van der Waals surface area contributed by atoms with Gasteiger partial charge >= 0.3 is 168 Å². The summed E-state index contributed by atoms with van der Waals surface area (Å²) in [7, 11) is -1.00. The van der Waals surface area contributed by atoms with Crippen LogP contribution in [0.4, 0.5) is 0 Å². The van der Waals surface area contributed by atoms with Crippen LogP contribution in [-0.4, -0.2) is 9.98 Å². The molecule has 0 bridgehead atoms. The second-order valence-electron chi connectivity index (χ2n) is 7.72. The van der Waals surface area contributed by atoms with Crippen LogP contribution in [0.1, 0.15) is 56.2 Å². The number of hydrogen-bond acceptors (Lipinski definition) is 0. The number of benzene rings is 2. The summed E-state index contributed by atoms with van der Waals surface area (Å²) in [5, 5.41) is 0. The average Bonchev–Trinajstić information content (AvgIpc) is 3.21. The smallest absolute Gasteiger partial charge is 1.00 e. The van der Waals surface area contributed by atoms with Gasteiger partial charge in [-0.3, -0.25) is 0 Å². The zero-order valence-corrected chi connectivity index (χ0v) is 23.2. The summed E-state index contributed by atoms with van der Waals surface area (Å²) in [6, 6.07) is 18.5. The molecule has 28 heavy (non-hydrogen) atoms. The Morgan fingerprint density at radius 2 is 1.11 bits per heavy atom. The molecule has 0 radical (unpaired) electrons. The summed E-state index contributed by atoms with van der Waals surface area (Å²) in [5.74, 6) is 5.36. The van der Waals surface area contributed by atoms with E-state index in [-0.39, 0.29) is 24.8 Å². The van der Waals surface area contributed by atoms with E-state index in [1.54, 1.807) is 22.3 Å². The Bertz CT molecular complexity index is 883. The molecule has 0 spiro atoms. The first kappa shape index (κ1) is 24.2. The Morgan fingerprint density at radius 1 is 0.714 bits per heavy atom. The topological polar surface area (TPSA) is 0 Å². The zero-order valence-electron chi connectivity index (χ0n) is 17.1. The molecule has 0 heterocycles. The summed E-state index contributed by atoms with van der Waals surface area (Å²) in [5.41, 5.74) is 9.86. The number of halogens is 2. The number of fused-ring (bicyclic) bond motifs is 2. The SMILES string of the molecule is CCC1=Cc2ccccc2[CH]1[Zr+2]([CH]1C(CC)=Cc2ccccc21)=[Ge]([CH3])[CH3].[Cl-].[Cl-]. The van der Waals surface area contributed by atoms with Gasteiger partial charge in [-0.25, -0.2) is 0 Å². The summed E-state index contributed by atoms with van der Waals surface area (Å²) in [6.45, 7) is 4.74. The summed E-state index contributed by atoms with van der Waals surface area (Å²) in [6.07, 6.45) is 7.51. The van der Waals surface area contributed by atoms with Crippen molar-refractivity contribution in [2.45, 2.75) is 45.5 Å². The molecule has 146 valence electrons. The fourth-order valence-electron chi connectivity index (χ4n) is 4.87. The van der Waals surface area contributed by atoms with Crippen molar-refractivity contribution in [3.05, 3.63) is 81.9 Å². The molecule has 2 aromatic rings. The van der Waals surface area contributed by atoms with Gasteiger partial charge in [0.25, 0.3) is 0 Å². The van der Waals surface area contributed by atoms with E-state index < -0.39 is 28.6 Å². The van der Waals surface area contributed by atoms with Crippen LogP contribution in [-0.2, 0) is 18.6 Å². The number of allylic oxidation sites excluding steroid dienone is 2. The van der Waals surface area contributed by atoms with Gasteiger partial charge < -0.3 is 24.8 Å². The van der Waals surface area contributed by atoms with E-state index in [4.69, 9.17) is 0 Å². The second-order valence-corrected chi connectivity index (χ2v) is 36.9. The van der Waals surface area contributed by atoms with Crippen molar-refractivity contribution in [3.63, 3.8) is 0 Å². The second kappa shape index (κ2) is 10.3. The van der Waals surface area contributed by atoms with E-state index in [2.05, 4.69) is 86.0 Å². The molecule has 0 aromatic heterocycles. The minimum absolute atomic E-state index is 0. The Morgan fingerprint density at radius 3 is 1.46 bits per heavy atom. The van der Waals surface area contributed by atoms with Crippen LogP contribution in [0.3, 0.4) is 0 Å². The van der Waals surface area contributed by atoms with Crippen molar-refractivity contribution >= 4 is 22.1 Å². The fraction of sp³-hybridized carbons (Fsp3) is 0.333. The van der Waals surface area contributed by atoms with Crippen molar-refractivity contribution in [2.75, 3.05) is 0 Å². The maximum Gasteiger partial charge on any atom is -1.00 e. The van der Waals surface area contributed by atoms with Crippen LogP contribution in [0, 0.1) is 0 Å². The van der Waals surface area contributed by atoms with Gasteiger partial charge in [0, 0.05) is 0 Å². The van der Waals surface area contributed by atoms with E-state index in [0.29, 0.717) is 0 Å². The van der Waals surface area contributed by atoms with E-state index in [1.807, 2.05) is 0 Å². The molecular formula is C24H28Cl2GeZr. The number of rotatable bonds is 4. The molecule has 2 aliphatic carbocycles. The van der Waals surface area contributed by atoms with Crippen LogP contribution in [0.5, 0.6) is 0 Å². The molecule has 0 fully saturated rings. The molecule has 0 amide bonds. The third-order valence-electron chi connectivity index (χ3n) is 6.05. The third-order valence-corrected chi connectivity index (χ3v) is 36.8. The minimum atomic E-state index is -1.75. The summed E-state index contributed by atoms with van der Waals surface area (Å²) >= 11 is -1.75. The monoisotopic (exact) mass is 550 g/mol. The average molecular weight is 551 g/mol. The molecule has 0 saturated carbocycles. The fourth-order valence-corrected chi connectivity index (χ4v) is 37.6. The van der Waals surface area contributed by atoms with Crippen molar-refractivity contribution in [3.8, 4) is 0 Å². The maximum atomic E-state index is 2.68. The third kappa shape index (κ3) is 4.20. The molecular weight excluding hydrogens is 523 g/mol. The van der Waals surface area contributed by atoms with Gasteiger partial charge in [-0.1, -0.05) is 0 Å². The van der Waals surface area contributed by atoms with Crippen LogP contribution in [0.25, 0.3) is 12.2 Å². The minimum Gasteiger partial charge on any atom is -1.00 e. The molecule has 0 N–H and O–H groups in total. The molecule has 0 aliphatic heterocycles. The van der Waals surface area contributed by atoms with Crippen LogP contribution in [0.2, 0.25) is 11.5 Å². The maximum absolute atomic E-state index is 2.68. The first-order chi connectivity index (χ1) is 12.7. The molecule has 0 nitrogen and oxygen atoms in total. The number of hydrogen-bond donors (Lipinski definition) is 0. The molecule has 4 rings (SSSR count). The zero-order chi connectivity index (χ0) is 18.3. The Labute approximate surface area is 191 Å². The van der Waals surface area contributed by atoms with E-state index in [0.717, 1.165) is 7.25 Å². The largest absolute Gasteiger partial charge is 1.00 e. The van der Waals surface area contributed by atoms with Gasteiger partial charge in [0.05, 0.1) is 0 Å². The molecule has 2 unspecified atom stereocenters. The van der Waals surface area contributed by atoms with Gasteiger partial charge in [-0.15, -0.1) is 0 Å². The predicted molar refractivity (Wildman–Crippen MR) is 112 cm³/mol. The standard InChI is InChI=1S/2C11H11.C2H6Ge.2ClH.Zr/c2*1-2-9-7-10-5-3-4-6-11(10)8-9;1-3-2;;;/h2*3-8H,2H2,1H3;1-2H3;2*1H;/q;;;;;+2/p-2. The Hall–Kier alpha value is -0.0740. The van der Waals surface area contributed by atoms with Crippen LogP contribution < -0.4 is 24.8 Å². The summed E-state index contributed by atoms with van der Waals surface area (Å²) < 4.78 is 1.63.